The summed E-state index contributed by atoms with van der Waals surface area (Å²) < 4.78 is 12.8. The maximum atomic E-state index is 12.8. The van der Waals surface area contributed by atoms with E-state index in [9.17, 15) is 18.8 Å². The normalized spacial score (nSPS) is 18.9. The number of piperazine rings is 1. The SMILES string of the molecule is O=C1CN(C(=O)c2ccc(F)cc2)C(C(=O)O)CN1. The third kappa shape index (κ3) is 2.70. The van der Waals surface area contributed by atoms with E-state index in [2.05, 4.69) is 5.32 Å². The van der Waals surface area contributed by atoms with Crippen LogP contribution in [-0.2, 0) is 9.59 Å². The van der Waals surface area contributed by atoms with Crippen molar-refractivity contribution in [3.8, 4) is 0 Å². The number of rotatable bonds is 2. The fourth-order valence-electron chi connectivity index (χ4n) is 1.83. The van der Waals surface area contributed by atoms with Crippen molar-refractivity contribution in [1.82, 2.24) is 10.2 Å². The summed E-state index contributed by atoms with van der Waals surface area (Å²) in [5.41, 5.74) is 0.141. The molecule has 0 aromatic heterocycles. The van der Waals surface area contributed by atoms with Crippen molar-refractivity contribution < 1.29 is 23.9 Å². The van der Waals surface area contributed by atoms with E-state index in [1.54, 1.807) is 0 Å². The molecule has 1 aliphatic rings. The highest BCUT2D eigenvalue weighted by molar-refractivity contribution is 5.99. The number of nitrogens with one attached hydrogen (secondary N) is 1. The summed E-state index contributed by atoms with van der Waals surface area (Å²) in [6.07, 6.45) is 0. The Hall–Kier alpha value is -2.44. The number of amides is 2. The van der Waals surface area contributed by atoms with Crippen molar-refractivity contribution in [2.45, 2.75) is 6.04 Å². The molecule has 1 heterocycles. The van der Waals surface area contributed by atoms with Gasteiger partial charge in [0.15, 0.2) is 0 Å². The van der Waals surface area contributed by atoms with Gasteiger partial charge in [0.05, 0.1) is 0 Å². The lowest BCUT2D eigenvalue weighted by Crippen LogP contribution is -2.59. The van der Waals surface area contributed by atoms with Crippen LogP contribution < -0.4 is 5.32 Å². The molecule has 0 bridgehead atoms. The van der Waals surface area contributed by atoms with E-state index in [-0.39, 0.29) is 18.7 Å². The van der Waals surface area contributed by atoms with Gasteiger partial charge < -0.3 is 15.3 Å². The minimum atomic E-state index is -1.20. The Morgan fingerprint density at radius 1 is 1.32 bits per heavy atom. The van der Waals surface area contributed by atoms with Gasteiger partial charge in [-0.1, -0.05) is 0 Å². The van der Waals surface area contributed by atoms with Gasteiger partial charge in [-0.05, 0) is 24.3 Å². The third-order valence-corrected chi connectivity index (χ3v) is 2.82. The average molecular weight is 266 g/mol. The van der Waals surface area contributed by atoms with E-state index in [1.165, 1.54) is 12.1 Å². The van der Waals surface area contributed by atoms with Crippen molar-refractivity contribution in [3.63, 3.8) is 0 Å². The lowest BCUT2D eigenvalue weighted by molar-refractivity contribution is -0.144. The van der Waals surface area contributed by atoms with Gasteiger partial charge in [0, 0.05) is 12.1 Å². The fraction of sp³-hybridized carbons (Fsp3) is 0.250. The minimum Gasteiger partial charge on any atom is -0.480 e. The van der Waals surface area contributed by atoms with Crippen LogP contribution in [0, 0.1) is 5.82 Å². The molecule has 0 saturated carbocycles. The van der Waals surface area contributed by atoms with Crippen LogP contribution in [0.3, 0.4) is 0 Å². The summed E-state index contributed by atoms with van der Waals surface area (Å²) in [4.78, 5) is 35.4. The van der Waals surface area contributed by atoms with Crippen molar-refractivity contribution in [1.29, 1.82) is 0 Å². The first kappa shape index (κ1) is 13.0. The number of aliphatic carboxylic acids is 1. The van der Waals surface area contributed by atoms with Crippen molar-refractivity contribution in [2.24, 2.45) is 0 Å². The summed E-state index contributed by atoms with van der Waals surface area (Å²) in [5.74, 6) is -2.73. The quantitative estimate of drug-likeness (QED) is 0.779. The Labute approximate surface area is 107 Å². The maximum Gasteiger partial charge on any atom is 0.328 e. The zero-order valence-electron chi connectivity index (χ0n) is 9.80. The standard InChI is InChI=1S/C12H11FN2O4/c13-8-3-1-7(2-4-8)11(17)15-6-10(16)14-5-9(15)12(18)19/h1-4,9H,5-6H2,(H,14,16)(H,18,19). The zero-order chi connectivity index (χ0) is 14.0. The molecule has 1 fully saturated rings. The topological polar surface area (TPSA) is 86.7 Å². The van der Waals surface area contributed by atoms with Gasteiger partial charge in [-0.2, -0.15) is 0 Å². The molecule has 2 amide bonds. The predicted octanol–water partition coefficient (Wildman–Crippen LogP) is -0.149. The minimum absolute atomic E-state index is 0.138. The second kappa shape index (κ2) is 5.05. The molecule has 1 aromatic rings. The first-order chi connectivity index (χ1) is 8.99. The van der Waals surface area contributed by atoms with E-state index < -0.39 is 29.6 Å². The Bertz CT molecular complexity index is 529. The van der Waals surface area contributed by atoms with Crippen LogP contribution >= 0.6 is 0 Å². The molecule has 0 radical (unpaired) electrons. The summed E-state index contributed by atoms with van der Waals surface area (Å²) >= 11 is 0. The van der Waals surface area contributed by atoms with Crippen LogP contribution in [0.4, 0.5) is 4.39 Å². The molecule has 19 heavy (non-hydrogen) atoms. The molecular formula is C12H11FN2O4. The van der Waals surface area contributed by atoms with Crippen molar-refractivity contribution >= 4 is 17.8 Å². The molecule has 2 N–H and O–H groups in total. The summed E-state index contributed by atoms with van der Waals surface area (Å²) in [6, 6.07) is 3.60. The Balaban J connectivity index is 2.26. The Morgan fingerprint density at radius 2 is 1.95 bits per heavy atom. The lowest BCUT2D eigenvalue weighted by Gasteiger charge is -2.32. The molecule has 2 rings (SSSR count). The number of carbonyl (C=O) groups excluding carboxylic acids is 2. The van der Waals surface area contributed by atoms with E-state index in [0.29, 0.717) is 0 Å². The number of hydrogen-bond donors (Lipinski definition) is 2. The summed E-state index contributed by atoms with van der Waals surface area (Å²) in [7, 11) is 0. The van der Waals surface area contributed by atoms with Crippen LogP contribution in [0.25, 0.3) is 0 Å². The largest absolute Gasteiger partial charge is 0.480 e. The highest BCUT2D eigenvalue weighted by atomic mass is 19.1. The monoisotopic (exact) mass is 266 g/mol. The van der Waals surface area contributed by atoms with Crippen LogP contribution in [0.5, 0.6) is 0 Å². The maximum absolute atomic E-state index is 12.8. The van der Waals surface area contributed by atoms with E-state index in [4.69, 9.17) is 5.11 Å². The number of benzene rings is 1. The number of nitrogens with zero attached hydrogens (tertiary/aromatic N) is 1. The zero-order valence-corrected chi connectivity index (χ0v) is 9.80. The molecule has 7 heteroatoms. The first-order valence-electron chi connectivity index (χ1n) is 5.55. The van der Waals surface area contributed by atoms with Gasteiger partial charge in [0.1, 0.15) is 18.4 Å². The first-order valence-corrected chi connectivity index (χ1v) is 5.55. The number of halogens is 1. The molecule has 1 saturated heterocycles. The van der Waals surface area contributed by atoms with Gasteiger partial charge in [-0.3, -0.25) is 9.59 Å². The van der Waals surface area contributed by atoms with Crippen LogP contribution in [0.2, 0.25) is 0 Å². The molecule has 1 atom stereocenters. The number of carbonyl (C=O) groups is 3. The van der Waals surface area contributed by atoms with Gasteiger partial charge >= 0.3 is 5.97 Å². The van der Waals surface area contributed by atoms with Gasteiger partial charge in [0.2, 0.25) is 5.91 Å². The van der Waals surface area contributed by atoms with Crippen molar-refractivity contribution in [3.05, 3.63) is 35.6 Å². The smallest absolute Gasteiger partial charge is 0.328 e. The third-order valence-electron chi connectivity index (χ3n) is 2.82. The van der Waals surface area contributed by atoms with E-state index >= 15 is 0 Å². The van der Waals surface area contributed by atoms with E-state index in [1.807, 2.05) is 0 Å². The summed E-state index contributed by atoms with van der Waals surface area (Å²) in [6.45, 7) is -0.464. The molecular weight excluding hydrogens is 255 g/mol. The van der Waals surface area contributed by atoms with Crippen LogP contribution in [0.1, 0.15) is 10.4 Å². The predicted molar refractivity (Wildman–Crippen MR) is 61.9 cm³/mol. The van der Waals surface area contributed by atoms with Crippen LogP contribution in [-0.4, -0.2) is 46.9 Å². The molecule has 0 aliphatic carbocycles. The fourth-order valence-corrected chi connectivity index (χ4v) is 1.83. The Morgan fingerprint density at radius 3 is 2.53 bits per heavy atom. The molecule has 100 valence electrons. The van der Waals surface area contributed by atoms with Gasteiger partial charge in [-0.25, -0.2) is 9.18 Å². The number of hydrogen-bond acceptors (Lipinski definition) is 3. The second-order valence-electron chi connectivity index (χ2n) is 4.10. The average Bonchev–Trinajstić information content (AvgIpc) is 2.38. The molecule has 1 aliphatic heterocycles. The highest BCUT2D eigenvalue weighted by Gasteiger charge is 2.35. The Kier molecular flexibility index (Phi) is 3.46. The van der Waals surface area contributed by atoms with Crippen molar-refractivity contribution in [2.75, 3.05) is 13.1 Å². The number of carboxylic acid groups (broad SMARTS) is 1. The van der Waals surface area contributed by atoms with Crippen LogP contribution in [0.15, 0.2) is 24.3 Å². The summed E-state index contributed by atoms with van der Waals surface area (Å²) in [5, 5.41) is 11.4. The lowest BCUT2D eigenvalue weighted by atomic mass is 10.1. The molecule has 6 nitrogen and oxygen atoms in total. The second-order valence-corrected chi connectivity index (χ2v) is 4.10. The van der Waals surface area contributed by atoms with Gasteiger partial charge in [0.25, 0.3) is 5.91 Å². The molecule has 0 spiro atoms. The molecule has 1 aromatic carbocycles. The number of carboxylic acids is 1. The molecule has 1 unspecified atom stereocenters. The highest BCUT2D eigenvalue weighted by Crippen LogP contribution is 2.12. The van der Waals surface area contributed by atoms with Gasteiger partial charge in [-0.15, -0.1) is 0 Å². The van der Waals surface area contributed by atoms with E-state index in [0.717, 1.165) is 17.0 Å².